The summed E-state index contributed by atoms with van der Waals surface area (Å²) in [7, 11) is 0. The standard InChI is InChI=1S/C6H11Br/c1-3-6(2)4-5(6)7/h5H,3-4H2,1-2H3. The van der Waals surface area contributed by atoms with E-state index in [4.69, 9.17) is 0 Å². The molecule has 2 atom stereocenters. The highest BCUT2D eigenvalue weighted by molar-refractivity contribution is 9.09. The Labute approximate surface area is 53.4 Å². The summed E-state index contributed by atoms with van der Waals surface area (Å²) in [6.07, 6.45) is 2.70. The smallest absolute Gasteiger partial charge is 0.0205 e. The van der Waals surface area contributed by atoms with Gasteiger partial charge in [-0.2, -0.15) is 0 Å². The summed E-state index contributed by atoms with van der Waals surface area (Å²) in [6, 6.07) is 0. The molecule has 1 aliphatic carbocycles. The summed E-state index contributed by atoms with van der Waals surface area (Å²) in [5.74, 6) is 0. The Hall–Kier alpha value is 0.480. The summed E-state index contributed by atoms with van der Waals surface area (Å²) in [5.41, 5.74) is 0.667. The predicted molar refractivity (Wildman–Crippen MR) is 35.7 cm³/mol. The fourth-order valence-corrected chi connectivity index (χ4v) is 1.78. The van der Waals surface area contributed by atoms with E-state index in [2.05, 4.69) is 29.8 Å². The Morgan fingerprint density at radius 2 is 2.29 bits per heavy atom. The van der Waals surface area contributed by atoms with Crippen LogP contribution in [0, 0.1) is 5.41 Å². The number of rotatable bonds is 1. The lowest BCUT2D eigenvalue weighted by Gasteiger charge is -1.99. The van der Waals surface area contributed by atoms with Crippen LogP contribution in [0.3, 0.4) is 0 Å². The fraction of sp³-hybridized carbons (Fsp3) is 1.00. The maximum Gasteiger partial charge on any atom is 0.0205 e. The zero-order valence-corrected chi connectivity index (χ0v) is 6.46. The van der Waals surface area contributed by atoms with E-state index in [1.807, 2.05) is 0 Å². The van der Waals surface area contributed by atoms with E-state index < -0.39 is 0 Å². The van der Waals surface area contributed by atoms with E-state index in [1.54, 1.807) is 0 Å². The molecule has 0 amide bonds. The summed E-state index contributed by atoms with van der Waals surface area (Å²) in [6.45, 7) is 4.58. The van der Waals surface area contributed by atoms with Crippen molar-refractivity contribution in [2.24, 2.45) is 5.41 Å². The molecule has 42 valence electrons. The molecule has 1 saturated carbocycles. The third-order valence-corrected chi connectivity index (χ3v) is 3.48. The van der Waals surface area contributed by atoms with Crippen LogP contribution in [-0.2, 0) is 0 Å². The molecule has 1 aliphatic rings. The average molecular weight is 163 g/mol. The highest BCUT2D eigenvalue weighted by Crippen LogP contribution is 2.53. The van der Waals surface area contributed by atoms with Crippen molar-refractivity contribution in [1.82, 2.24) is 0 Å². The Kier molecular flexibility index (Phi) is 1.18. The predicted octanol–water partition coefficient (Wildman–Crippen LogP) is 2.57. The minimum Gasteiger partial charge on any atom is -0.0885 e. The zero-order chi connectivity index (χ0) is 5.49. The van der Waals surface area contributed by atoms with Crippen molar-refractivity contribution >= 4 is 15.9 Å². The molecular weight excluding hydrogens is 152 g/mol. The lowest BCUT2D eigenvalue weighted by atomic mass is 10.1. The second-order valence-electron chi connectivity index (χ2n) is 2.68. The highest BCUT2D eigenvalue weighted by Gasteiger charge is 2.46. The number of halogens is 1. The molecule has 0 saturated heterocycles. The van der Waals surface area contributed by atoms with Crippen LogP contribution in [0.25, 0.3) is 0 Å². The molecule has 0 heterocycles. The number of hydrogen-bond acceptors (Lipinski definition) is 0. The normalized spacial score (nSPS) is 49.3. The van der Waals surface area contributed by atoms with E-state index in [0.29, 0.717) is 5.41 Å². The van der Waals surface area contributed by atoms with Crippen LogP contribution in [0.4, 0.5) is 0 Å². The van der Waals surface area contributed by atoms with Crippen molar-refractivity contribution in [2.45, 2.75) is 31.5 Å². The van der Waals surface area contributed by atoms with Gasteiger partial charge >= 0.3 is 0 Å². The summed E-state index contributed by atoms with van der Waals surface area (Å²) in [5, 5.41) is 0. The van der Waals surface area contributed by atoms with E-state index in [-0.39, 0.29) is 0 Å². The van der Waals surface area contributed by atoms with Gasteiger partial charge in [-0.05, 0) is 18.3 Å². The van der Waals surface area contributed by atoms with Crippen molar-refractivity contribution in [3.8, 4) is 0 Å². The average Bonchev–Trinajstić information content (AvgIpc) is 2.18. The Balaban J connectivity index is 2.36. The number of alkyl halides is 1. The topological polar surface area (TPSA) is 0 Å². The van der Waals surface area contributed by atoms with Crippen molar-refractivity contribution < 1.29 is 0 Å². The zero-order valence-electron chi connectivity index (χ0n) is 4.87. The Morgan fingerprint density at radius 1 is 1.86 bits per heavy atom. The van der Waals surface area contributed by atoms with E-state index >= 15 is 0 Å². The SMILES string of the molecule is CCC1(C)CC1Br. The van der Waals surface area contributed by atoms with E-state index in [1.165, 1.54) is 12.8 Å². The van der Waals surface area contributed by atoms with E-state index in [0.717, 1.165) is 4.83 Å². The van der Waals surface area contributed by atoms with Gasteiger partial charge in [-0.1, -0.05) is 29.8 Å². The molecule has 0 bridgehead atoms. The first-order valence-electron chi connectivity index (χ1n) is 2.83. The lowest BCUT2D eigenvalue weighted by molar-refractivity contribution is 0.556. The molecule has 2 unspecified atom stereocenters. The van der Waals surface area contributed by atoms with Gasteiger partial charge in [-0.3, -0.25) is 0 Å². The van der Waals surface area contributed by atoms with Crippen LogP contribution in [0.15, 0.2) is 0 Å². The quantitative estimate of drug-likeness (QED) is 0.521. The molecule has 0 aromatic carbocycles. The van der Waals surface area contributed by atoms with Gasteiger partial charge in [0.05, 0.1) is 0 Å². The molecule has 1 fully saturated rings. The molecular formula is C6H11Br. The molecule has 0 N–H and O–H groups in total. The number of hydrogen-bond donors (Lipinski definition) is 0. The first kappa shape index (κ1) is 5.61. The van der Waals surface area contributed by atoms with Gasteiger partial charge in [-0.15, -0.1) is 0 Å². The van der Waals surface area contributed by atoms with E-state index in [9.17, 15) is 0 Å². The molecule has 1 heteroatoms. The van der Waals surface area contributed by atoms with Crippen LogP contribution in [0.5, 0.6) is 0 Å². The van der Waals surface area contributed by atoms with Gasteiger partial charge < -0.3 is 0 Å². The second-order valence-corrected chi connectivity index (χ2v) is 3.78. The summed E-state index contributed by atoms with van der Waals surface area (Å²) < 4.78 is 0. The van der Waals surface area contributed by atoms with Gasteiger partial charge in [0.1, 0.15) is 0 Å². The van der Waals surface area contributed by atoms with Crippen LogP contribution in [0.1, 0.15) is 26.7 Å². The molecule has 0 spiro atoms. The molecule has 0 nitrogen and oxygen atoms in total. The van der Waals surface area contributed by atoms with Crippen molar-refractivity contribution in [3.63, 3.8) is 0 Å². The summed E-state index contributed by atoms with van der Waals surface area (Å²) >= 11 is 3.56. The molecule has 1 rings (SSSR count). The van der Waals surface area contributed by atoms with Gasteiger partial charge in [0.15, 0.2) is 0 Å². The minimum absolute atomic E-state index is 0.667. The molecule has 0 aliphatic heterocycles. The monoisotopic (exact) mass is 162 g/mol. The third kappa shape index (κ3) is 0.835. The summed E-state index contributed by atoms with van der Waals surface area (Å²) in [4.78, 5) is 0.824. The minimum atomic E-state index is 0.667. The van der Waals surface area contributed by atoms with Crippen molar-refractivity contribution in [2.75, 3.05) is 0 Å². The first-order valence-corrected chi connectivity index (χ1v) is 3.75. The molecule has 0 aromatic rings. The largest absolute Gasteiger partial charge is 0.0885 e. The molecule has 0 aromatic heterocycles. The Bertz CT molecular complexity index is 76.2. The molecule has 0 radical (unpaired) electrons. The van der Waals surface area contributed by atoms with Crippen LogP contribution in [0.2, 0.25) is 0 Å². The maximum atomic E-state index is 3.56. The Morgan fingerprint density at radius 3 is 2.29 bits per heavy atom. The first-order chi connectivity index (χ1) is 3.19. The van der Waals surface area contributed by atoms with Gasteiger partial charge in [-0.25, -0.2) is 0 Å². The third-order valence-electron chi connectivity index (χ3n) is 2.05. The highest BCUT2D eigenvalue weighted by atomic mass is 79.9. The van der Waals surface area contributed by atoms with Crippen LogP contribution < -0.4 is 0 Å². The van der Waals surface area contributed by atoms with Crippen LogP contribution in [-0.4, -0.2) is 4.83 Å². The van der Waals surface area contributed by atoms with Crippen molar-refractivity contribution in [3.05, 3.63) is 0 Å². The second kappa shape index (κ2) is 1.48. The molecule has 7 heavy (non-hydrogen) atoms. The van der Waals surface area contributed by atoms with Gasteiger partial charge in [0.25, 0.3) is 0 Å². The maximum absolute atomic E-state index is 3.56. The van der Waals surface area contributed by atoms with Crippen LogP contribution >= 0.6 is 15.9 Å². The van der Waals surface area contributed by atoms with Gasteiger partial charge in [0.2, 0.25) is 0 Å². The lowest BCUT2D eigenvalue weighted by Crippen LogP contribution is -1.91. The van der Waals surface area contributed by atoms with Gasteiger partial charge in [0, 0.05) is 4.83 Å². The fourth-order valence-electron chi connectivity index (χ4n) is 0.716. The van der Waals surface area contributed by atoms with Crippen molar-refractivity contribution in [1.29, 1.82) is 0 Å².